The summed E-state index contributed by atoms with van der Waals surface area (Å²) in [6.07, 6.45) is 0.793. The molecule has 3 aromatic carbocycles. The maximum atomic E-state index is 13.0. The average molecular weight is 471 g/mol. The lowest BCUT2D eigenvalue weighted by Gasteiger charge is -2.23. The van der Waals surface area contributed by atoms with E-state index in [1.54, 1.807) is 29.2 Å². The molecule has 2 N–H and O–H groups in total. The summed E-state index contributed by atoms with van der Waals surface area (Å²) in [5, 5.41) is 11.8. The summed E-state index contributed by atoms with van der Waals surface area (Å²) in [5.74, 6) is -1.19. The third-order valence-electron chi connectivity index (χ3n) is 6.75. The van der Waals surface area contributed by atoms with E-state index in [4.69, 9.17) is 9.84 Å². The minimum atomic E-state index is -0.916. The van der Waals surface area contributed by atoms with Gasteiger partial charge in [0.05, 0.1) is 6.42 Å². The van der Waals surface area contributed by atoms with Gasteiger partial charge in [0.25, 0.3) is 5.91 Å². The third kappa shape index (κ3) is 4.62. The zero-order valence-electron chi connectivity index (χ0n) is 19.1. The molecular weight excluding hydrogens is 444 g/mol. The molecular formula is C28H26N2O5. The molecule has 0 radical (unpaired) electrons. The number of amides is 2. The second kappa shape index (κ2) is 9.62. The predicted molar refractivity (Wildman–Crippen MR) is 131 cm³/mol. The quantitative estimate of drug-likeness (QED) is 0.521. The number of aliphatic carboxylic acids is 1. The average Bonchev–Trinajstić information content (AvgIpc) is 3.44. The van der Waals surface area contributed by atoms with E-state index in [1.807, 2.05) is 24.3 Å². The van der Waals surface area contributed by atoms with Crippen molar-refractivity contribution < 1.29 is 24.2 Å². The van der Waals surface area contributed by atoms with Gasteiger partial charge >= 0.3 is 12.1 Å². The lowest BCUT2D eigenvalue weighted by atomic mass is 9.98. The molecule has 1 aliphatic heterocycles. The maximum Gasteiger partial charge on any atom is 0.411 e. The van der Waals surface area contributed by atoms with Crippen LogP contribution in [0.15, 0.2) is 72.8 Å². The fourth-order valence-electron chi connectivity index (χ4n) is 5.17. The zero-order chi connectivity index (χ0) is 24.4. The van der Waals surface area contributed by atoms with E-state index >= 15 is 0 Å². The SMILES string of the molecule is O=C(O)C[C@@H]1CCCN1C(=O)c1cccc(NC(=O)OCC2c3ccccc3-c3ccccc32)c1. The first-order chi connectivity index (χ1) is 17.0. The van der Waals surface area contributed by atoms with Crippen molar-refractivity contribution in [1.29, 1.82) is 0 Å². The van der Waals surface area contributed by atoms with Crippen molar-refractivity contribution in [2.24, 2.45) is 0 Å². The number of hydrogen-bond acceptors (Lipinski definition) is 4. The molecule has 35 heavy (non-hydrogen) atoms. The monoisotopic (exact) mass is 470 g/mol. The molecule has 1 atom stereocenters. The minimum absolute atomic E-state index is 0.0394. The molecule has 5 rings (SSSR count). The van der Waals surface area contributed by atoms with Crippen LogP contribution in [0.25, 0.3) is 11.1 Å². The molecule has 0 aromatic heterocycles. The van der Waals surface area contributed by atoms with Crippen LogP contribution in [0.4, 0.5) is 10.5 Å². The lowest BCUT2D eigenvalue weighted by molar-refractivity contribution is -0.137. The van der Waals surface area contributed by atoms with Crippen LogP contribution >= 0.6 is 0 Å². The van der Waals surface area contributed by atoms with Gasteiger partial charge in [-0.15, -0.1) is 0 Å². The van der Waals surface area contributed by atoms with Gasteiger partial charge in [-0.2, -0.15) is 0 Å². The van der Waals surface area contributed by atoms with Crippen molar-refractivity contribution in [3.63, 3.8) is 0 Å². The van der Waals surface area contributed by atoms with Crippen LogP contribution in [0.5, 0.6) is 0 Å². The van der Waals surface area contributed by atoms with Gasteiger partial charge < -0.3 is 14.7 Å². The third-order valence-corrected chi connectivity index (χ3v) is 6.75. The number of carbonyl (C=O) groups excluding carboxylic acids is 2. The number of anilines is 1. The van der Waals surface area contributed by atoms with Gasteiger partial charge in [0.2, 0.25) is 0 Å². The second-order valence-corrected chi connectivity index (χ2v) is 8.92. The van der Waals surface area contributed by atoms with E-state index in [0.29, 0.717) is 24.2 Å². The van der Waals surface area contributed by atoms with Crippen LogP contribution in [0.1, 0.15) is 46.7 Å². The van der Waals surface area contributed by atoms with Crippen LogP contribution in [-0.4, -0.2) is 47.2 Å². The Bertz CT molecular complexity index is 1240. The Balaban J connectivity index is 1.24. The van der Waals surface area contributed by atoms with Crippen LogP contribution in [0, 0.1) is 0 Å². The fourth-order valence-corrected chi connectivity index (χ4v) is 5.17. The molecule has 1 heterocycles. The van der Waals surface area contributed by atoms with Crippen LogP contribution in [0.3, 0.4) is 0 Å². The standard InChI is InChI=1S/C28H26N2O5/c31-26(32)16-20-9-6-14-30(20)27(33)18-7-5-8-19(15-18)29-28(34)35-17-25-23-12-3-1-10-21(23)22-11-2-4-13-24(22)25/h1-5,7-8,10-13,15,20,25H,6,9,14,16-17H2,(H,29,34)(H,31,32)/t20-/m0/s1. The van der Waals surface area contributed by atoms with Gasteiger partial charge in [0.15, 0.2) is 0 Å². The first-order valence-electron chi connectivity index (χ1n) is 11.8. The van der Waals surface area contributed by atoms with Gasteiger partial charge in [-0.1, -0.05) is 54.6 Å². The van der Waals surface area contributed by atoms with Crippen LogP contribution in [-0.2, 0) is 9.53 Å². The number of benzene rings is 3. The largest absolute Gasteiger partial charge is 0.481 e. The minimum Gasteiger partial charge on any atom is -0.481 e. The number of rotatable bonds is 6. The molecule has 0 bridgehead atoms. The summed E-state index contributed by atoms with van der Waals surface area (Å²) in [7, 11) is 0. The molecule has 1 fully saturated rings. The highest BCUT2D eigenvalue weighted by molar-refractivity contribution is 5.97. The molecule has 3 aromatic rings. The van der Waals surface area contributed by atoms with Gasteiger partial charge in [-0.05, 0) is 53.3 Å². The predicted octanol–water partition coefficient (Wildman–Crippen LogP) is 5.13. The molecule has 2 amide bonds. The van der Waals surface area contributed by atoms with Crippen molar-refractivity contribution in [3.05, 3.63) is 89.5 Å². The smallest absolute Gasteiger partial charge is 0.411 e. The molecule has 7 nitrogen and oxygen atoms in total. The number of nitrogens with one attached hydrogen (secondary N) is 1. The Morgan fingerprint density at radius 1 is 0.943 bits per heavy atom. The van der Waals surface area contributed by atoms with E-state index in [1.165, 1.54) is 0 Å². The summed E-state index contributed by atoms with van der Waals surface area (Å²) in [6.45, 7) is 0.726. The molecule has 178 valence electrons. The van der Waals surface area contributed by atoms with E-state index in [-0.39, 0.29) is 30.9 Å². The number of carbonyl (C=O) groups is 3. The van der Waals surface area contributed by atoms with Gasteiger partial charge in [0, 0.05) is 29.8 Å². The zero-order valence-corrected chi connectivity index (χ0v) is 19.1. The molecule has 0 unspecified atom stereocenters. The molecule has 1 aliphatic carbocycles. The van der Waals surface area contributed by atoms with Crippen LogP contribution in [0.2, 0.25) is 0 Å². The highest BCUT2D eigenvalue weighted by Gasteiger charge is 2.31. The first-order valence-corrected chi connectivity index (χ1v) is 11.8. The number of ether oxygens (including phenoxy) is 1. The Hall–Kier alpha value is -4.13. The fraction of sp³-hybridized carbons (Fsp3) is 0.250. The van der Waals surface area contributed by atoms with E-state index in [2.05, 4.69) is 29.6 Å². The van der Waals surface area contributed by atoms with Crippen molar-refractivity contribution in [2.45, 2.75) is 31.2 Å². The number of likely N-dealkylation sites (tertiary alicyclic amines) is 1. The lowest BCUT2D eigenvalue weighted by Crippen LogP contribution is -2.36. The van der Waals surface area contributed by atoms with Crippen LogP contribution < -0.4 is 5.32 Å². The highest BCUT2D eigenvalue weighted by atomic mass is 16.5. The molecule has 2 aliphatic rings. The summed E-state index contributed by atoms with van der Waals surface area (Å²) in [5.41, 5.74) is 5.44. The summed E-state index contributed by atoms with van der Waals surface area (Å²) < 4.78 is 5.59. The van der Waals surface area contributed by atoms with Gasteiger partial charge in [0.1, 0.15) is 6.61 Å². The Kier molecular flexibility index (Phi) is 6.23. The number of fused-ring (bicyclic) bond motifs is 3. The van der Waals surface area contributed by atoms with E-state index < -0.39 is 12.1 Å². The molecule has 0 saturated carbocycles. The van der Waals surface area contributed by atoms with Crippen molar-refractivity contribution >= 4 is 23.7 Å². The van der Waals surface area contributed by atoms with Crippen molar-refractivity contribution in [1.82, 2.24) is 4.90 Å². The van der Waals surface area contributed by atoms with Crippen molar-refractivity contribution in [2.75, 3.05) is 18.5 Å². The molecule has 7 heteroatoms. The second-order valence-electron chi connectivity index (χ2n) is 8.92. The Morgan fingerprint density at radius 2 is 1.63 bits per heavy atom. The topological polar surface area (TPSA) is 95.9 Å². The highest BCUT2D eigenvalue weighted by Crippen LogP contribution is 2.44. The van der Waals surface area contributed by atoms with E-state index in [9.17, 15) is 14.4 Å². The number of nitrogens with zero attached hydrogens (tertiary/aromatic N) is 1. The molecule has 1 saturated heterocycles. The first kappa shape index (κ1) is 22.7. The molecule has 0 spiro atoms. The maximum absolute atomic E-state index is 13.0. The Morgan fingerprint density at radius 3 is 2.31 bits per heavy atom. The van der Waals surface area contributed by atoms with Gasteiger partial charge in [-0.25, -0.2) is 4.79 Å². The van der Waals surface area contributed by atoms with E-state index in [0.717, 1.165) is 28.7 Å². The van der Waals surface area contributed by atoms with Gasteiger partial charge in [-0.3, -0.25) is 14.9 Å². The summed E-state index contributed by atoms with van der Waals surface area (Å²) >= 11 is 0. The number of carboxylic acids is 1. The normalized spacial score (nSPS) is 16.5. The number of carboxylic acid groups (broad SMARTS) is 1. The summed E-state index contributed by atoms with van der Waals surface area (Å²) in [4.78, 5) is 38.4. The number of hydrogen-bond donors (Lipinski definition) is 2. The van der Waals surface area contributed by atoms with Crippen molar-refractivity contribution in [3.8, 4) is 11.1 Å². The summed E-state index contributed by atoms with van der Waals surface area (Å²) in [6, 6.07) is 22.6. The Labute approximate surface area is 203 Å².